The largest absolute Gasteiger partial charge is 0.322 e. The van der Waals surface area contributed by atoms with Gasteiger partial charge in [-0.2, -0.15) is 0 Å². The standard InChI is InChI=1S/C18H21N3O3/c1-18(2,19)9-8-11-4-3-5-12-13(11)10-21(17(12)24)14-6-7-15(22)20-16(14)23/h3-5,8-9,14H,6-7,10,19H2,1-2H3,(H,20,22,23). The zero-order chi connectivity index (χ0) is 17.5. The highest BCUT2D eigenvalue weighted by Gasteiger charge is 2.39. The number of nitrogens with two attached hydrogens (primary N) is 1. The van der Waals surface area contributed by atoms with Gasteiger partial charge in [-0.05, 0) is 37.5 Å². The quantitative estimate of drug-likeness (QED) is 0.816. The number of rotatable bonds is 3. The van der Waals surface area contributed by atoms with Crippen molar-refractivity contribution < 1.29 is 14.4 Å². The van der Waals surface area contributed by atoms with Crippen molar-refractivity contribution in [3.8, 4) is 0 Å². The van der Waals surface area contributed by atoms with Crippen molar-refractivity contribution >= 4 is 23.8 Å². The van der Waals surface area contributed by atoms with Crippen LogP contribution in [0.3, 0.4) is 0 Å². The van der Waals surface area contributed by atoms with Crippen LogP contribution < -0.4 is 11.1 Å². The lowest BCUT2D eigenvalue weighted by Gasteiger charge is -2.29. The molecule has 1 saturated heterocycles. The molecule has 126 valence electrons. The summed E-state index contributed by atoms with van der Waals surface area (Å²) in [6.45, 7) is 4.16. The summed E-state index contributed by atoms with van der Waals surface area (Å²) in [5, 5.41) is 2.31. The van der Waals surface area contributed by atoms with E-state index in [-0.39, 0.29) is 18.2 Å². The second kappa shape index (κ2) is 5.87. The Kier molecular flexibility index (Phi) is 4.01. The van der Waals surface area contributed by atoms with E-state index < -0.39 is 17.5 Å². The molecule has 1 fully saturated rings. The molecule has 0 aromatic heterocycles. The molecule has 3 N–H and O–H groups in total. The molecule has 1 aromatic carbocycles. The monoisotopic (exact) mass is 327 g/mol. The number of amides is 3. The Hall–Kier alpha value is -2.47. The number of nitrogens with zero attached hydrogens (tertiary/aromatic N) is 1. The van der Waals surface area contributed by atoms with E-state index in [9.17, 15) is 14.4 Å². The first kappa shape index (κ1) is 16.4. The normalized spacial score (nSPS) is 21.4. The number of hydrogen-bond donors (Lipinski definition) is 2. The van der Waals surface area contributed by atoms with Crippen molar-refractivity contribution in [1.82, 2.24) is 10.2 Å². The van der Waals surface area contributed by atoms with Gasteiger partial charge in [0.25, 0.3) is 5.91 Å². The molecule has 2 aliphatic rings. The summed E-state index contributed by atoms with van der Waals surface area (Å²) >= 11 is 0. The summed E-state index contributed by atoms with van der Waals surface area (Å²) in [4.78, 5) is 37.6. The van der Waals surface area contributed by atoms with Crippen LogP contribution in [0, 0.1) is 0 Å². The smallest absolute Gasteiger partial charge is 0.255 e. The summed E-state index contributed by atoms with van der Waals surface area (Å²) in [5.41, 5.74) is 7.96. The molecule has 0 aliphatic carbocycles. The average Bonchev–Trinajstić information content (AvgIpc) is 2.82. The van der Waals surface area contributed by atoms with Gasteiger partial charge in [0.1, 0.15) is 6.04 Å². The fourth-order valence-electron chi connectivity index (χ4n) is 3.07. The highest BCUT2D eigenvalue weighted by Crippen LogP contribution is 2.30. The van der Waals surface area contributed by atoms with Crippen LogP contribution in [0.1, 0.15) is 48.2 Å². The maximum absolute atomic E-state index is 12.7. The van der Waals surface area contributed by atoms with E-state index in [1.165, 1.54) is 0 Å². The van der Waals surface area contributed by atoms with Gasteiger partial charge < -0.3 is 10.6 Å². The minimum atomic E-state index is -0.592. The van der Waals surface area contributed by atoms with Crippen molar-refractivity contribution in [2.45, 2.75) is 44.8 Å². The molecule has 3 rings (SSSR count). The van der Waals surface area contributed by atoms with E-state index in [1.54, 1.807) is 11.0 Å². The topological polar surface area (TPSA) is 92.5 Å². The first-order valence-electron chi connectivity index (χ1n) is 8.01. The molecular formula is C18H21N3O3. The lowest BCUT2D eigenvalue weighted by atomic mass is 9.99. The molecule has 0 bridgehead atoms. The maximum Gasteiger partial charge on any atom is 0.255 e. The summed E-state index contributed by atoms with van der Waals surface area (Å²) in [7, 11) is 0. The van der Waals surface area contributed by atoms with Crippen LogP contribution in [0.15, 0.2) is 24.3 Å². The van der Waals surface area contributed by atoms with Gasteiger partial charge in [-0.15, -0.1) is 0 Å². The third kappa shape index (κ3) is 3.10. The Morgan fingerprint density at radius 2 is 2.04 bits per heavy atom. The summed E-state index contributed by atoms with van der Waals surface area (Å²) in [5.74, 6) is -0.844. The maximum atomic E-state index is 12.7. The van der Waals surface area contributed by atoms with Gasteiger partial charge in [-0.25, -0.2) is 0 Å². The Bertz CT molecular complexity index is 746. The highest BCUT2D eigenvalue weighted by molar-refractivity contribution is 6.05. The number of benzene rings is 1. The number of carbonyl (C=O) groups is 3. The Morgan fingerprint density at radius 1 is 1.29 bits per heavy atom. The molecule has 24 heavy (non-hydrogen) atoms. The van der Waals surface area contributed by atoms with Gasteiger partial charge in [0.2, 0.25) is 11.8 Å². The van der Waals surface area contributed by atoms with Crippen LogP contribution in [0.5, 0.6) is 0 Å². The third-order valence-electron chi connectivity index (χ3n) is 4.31. The summed E-state index contributed by atoms with van der Waals surface area (Å²) < 4.78 is 0. The first-order chi connectivity index (χ1) is 11.3. The van der Waals surface area contributed by atoms with E-state index in [4.69, 9.17) is 5.73 Å². The molecule has 6 heteroatoms. The molecule has 1 aromatic rings. The van der Waals surface area contributed by atoms with Gasteiger partial charge in [0, 0.05) is 24.1 Å². The molecule has 1 unspecified atom stereocenters. The lowest BCUT2D eigenvalue weighted by molar-refractivity contribution is -0.136. The summed E-state index contributed by atoms with van der Waals surface area (Å²) in [6, 6.07) is 4.94. The second-order valence-electron chi connectivity index (χ2n) is 6.93. The van der Waals surface area contributed by atoms with Gasteiger partial charge in [0.15, 0.2) is 0 Å². The Morgan fingerprint density at radius 3 is 2.71 bits per heavy atom. The number of carbonyl (C=O) groups excluding carboxylic acids is 3. The van der Waals surface area contributed by atoms with Crippen LogP contribution in [0.2, 0.25) is 0 Å². The van der Waals surface area contributed by atoms with Crippen LogP contribution in [-0.4, -0.2) is 34.2 Å². The van der Waals surface area contributed by atoms with Crippen molar-refractivity contribution in [2.75, 3.05) is 0 Å². The van der Waals surface area contributed by atoms with Crippen molar-refractivity contribution in [2.24, 2.45) is 5.73 Å². The minimum Gasteiger partial charge on any atom is -0.322 e. The van der Waals surface area contributed by atoms with Gasteiger partial charge in [-0.3, -0.25) is 19.7 Å². The molecule has 0 spiro atoms. The zero-order valence-electron chi connectivity index (χ0n) is 13.8. The average molecular weight is 327 g/mol. The van der Waals surface area contributed by atoms with Crippen LogP contribution in [0.4, 0.5) is 0 Å². The highest BCUT2D eigenvalue weighted by atomic mass is 16.2. The number of nitrogens with one attached hydrogen (secondary N) is 1. The Balaban J connectivity index is 1.89. The molecule has 0 radical (unpaired) electrons. The molecule has 6 nitrogen and oxygen atoms in total. The van der Waals surface area contributed by atoms with Crippen molar-refractivity contribution in [3.05, 3.63) is 41.0 Å². The predicted molar refractivity (Wildman–Crippen MR) is 89.8 cm³/mol. The van der Waals surface area contributed by atoms with Crippen molar-refractivity contribution in [3.63, 3.8) is 0 Å². The molecule has 2 heterocycles. The lowest BCUT2D eigenvalue weighted by Crippen LogP contribution is -2.52. The zero-order valence-corrected chi connectivity index (χ0v) is 13.8. The molecular weight excluding hydrogens is 306 g/mol. The van der Waals surface area contributed by atoms with Crippen LogP contribution in [0.25, 0.3) is 6.08 Å². The molecule has 1 atom stereocenters. The SMILES string of the molecule is CC(C)(N)C=Cc1cccc2c1CN(C1CCC(=O)NC1=O)C2=O. The third-order valence-corrected chi connectivity index (χ3v) is 4.31. The number of piperidine rings is 1. The minimum absolute atomic E-state index is 0.165. The Labute approximate surface area is 140 Å². The number of imide groups is 1. The van der Waals surface area contributed by atoms with E-state index in [1.807, 2.05) is 38.1 Å². The van der Waals surface area contributed by atoms with Gasteiger partial charge in [-0.1, -0.05) is 24.3 Å². The van der Waals surface area contributed by atoms with E-state index in [2.05, 4.69) is 5.32 Å². The van der Waals surface area contributed by atoms with Gasteiger partial charge in [0.05, 0.1) is 0 Å². The summed E-state index contributed by atoms with van der Waals surface area (Å²) in [6.07, 6.45) is 4.43. The molecule has 2 aliphatic heterocycles. The first-order valence-corrected chi connectivity index (χ1v) is 8.01. The fourth-order valence-corrected chi connectivity index (χ4v) is 3.07. The van der Waals surface area contributed by atoms with Crippen molar-refractivity contribution in [1.29, 1.82) is 0 Å². The fraction of sp³-hybridized carbons (Fsp3) is 0.389. The van der Waals surface area contributed by atoms with Crippen LogP contribution in [-0.2, 0) is 16.1 Å². The van der Waals surface area contributed by atoms with Gasteiger partial charge >= 0.3 is 0 Å². The molecule has 3 amide bonds. The predicted octanol–water partition coefficient (Wildman–Crippen LogP) is 1.20. The number of fused-ring (bicyclic) bond motifs is 1. The number of hydrogen-bond acceptors (Lipinski definition) is 4. The van der Waals surface area contributed by atoms with E-state index >= 15 is 0 Å². The van der Waals surface area contributed by atoms with E-state index in [0.29, 0.717) is 18.5 Å². The van der Waals surface area contributed by atoms with Crippen LogP contribution >= 0.6 is 0 Å². The van der Waals surface area contributed by atoms with E-state index in [0.717, 1.165) is 11.1 Å². The second-order valence-corrected chi connectivity index (χ2v) is 6.93. The molecule has 0 saturated carbocycles.